The number of carbonyl (C=O) groups is 3. The molecule has 2 rings (SSSR count). The molecule has 0 bridgehead atoms. The summed E-state index contributed by atoms with van der Waals surface area (Å²) in [6.45, 7) is 3.38. The summed E-state index contributed by atoms with van der Waals surface area (Å²) in [6, 6.07) is 5.76. The highest BCUT2D eigenvalue weighted by molar-refractivity contribution is 5.79. The van der Waals surface area contributed by atoms with Crippen molar-refractivity contribution >= 4 is 18.3 Å². The molecule has 0 aromatic carbocycles. The highest BCUT2D eigenvalue weighted by atomic mass is 16.5. The quantitative estimate of drug-likeness (QED) is 0.469. The Balaban J connectivity index is 0.00000151. The molecule has 0 aliphatic heterocycles. The number of hydrogen-bond acceptors (Lipinski definition) is 6. The molecule has 1 saturated carbocycles. The van der Waals surface area contributed by atoms with Gasteiger partial charge in [-0.25, -0.2) is 0 Å². The zero-order chi connectivity index (χ0) is 23.1. The maximum Gasteiger partial charge on any atom is 0.290 e. The van der Waals surface area contributed by atoms with Crippen LogP contribution in [0.15, 0.2) is 24.4 Å². The van der Waals surface area contributed by atoms with Crippen molar-refractivity contribution < 1.29 is 24.2 Å². The van der Waals surface area contributed by atoms with Crippen LogP contribution < -0.4 is 10.6 Å². The Morgan fingerprint density at radius 3 is 2.68 bits per heavy atom. The lowest BCUT2D eigenvalue weighted by molar-refractivity contribution is -0.130. The van der Waals surface area contributed by atoms with E-state index in [0.717, 1.165) is 31.4 Å². The molecule has 1 fully saturated rings. The van der Waals surface area contributed by atoms with E-state index in [9.17, 15) is 9.59 Å². The van der Waals surface area contributed by atoms with Crippen molar-refractivity contribution in [3.8, 4) is 0 Å². The second-order valence-corrected chi connectivity index (χ2v) is 7.80. The van der Waals surface area contributed by atoms with Crippen LogP contribution in [0.5, 0.6) is 0 Å². The van der Waals surface area contributed by atoms with Crippen LogP contribution in [0, 0.1) is 5.92 Å². The molecular formula is C22H36N4O5. The molecule has 1 aliphatic rings. The van der Waals surface area contributed by atoms with Crippen LogP contribution in [0.25, 0.3) is 0 Å². The summed E-state index contributed by atoms with van der Waals surface area (Å²) in [7, 11) is 3.74. The number of hydrogen-bond donors (Lipinski definition) is 3. The molecule has 0 unspecified atom stereocenters. The van der Waals surface area contributed by atoms with Crippen LogP contribution in [0.4, 0.5) is 0 Å². The van der Waals surface area contributed by atoms with Crippen molar-refractivity contribution in [3.05, 3.63) is 30.1 Å². The van der Waals surface area contributed by atoms with Gasteiger partial charge in [-0.1, -0.05) is 13.0 Å². The molecule has 1 aliphatic carbocycles. The summed E-state index contributed by atoms with van der Waals surface area (Å²) in [5.74, 6) is -0.00921. The second kappa shape index (κ2) is 15.3. The van der Waals surface area contributed by atoms with Gasteiger partial charge in [0, 0.05) is 37.4 Å². The first-order valence-corrected chi connectivity index (χ1v) is 10.7. The molecular weight excluding hydrogens is 400 g/mol. The van der Waals surface area contributed by atoms with E-state index in [1.54, 1.807) is 6.20 Å². The van der Waals surface area contributed by atoms with E-state index in [0.29, 0.717) is 26.1 Å². The smallest absolute Gasteiger partial charge is 0.290 e. The third-order valence-electron chi connectivity index (χ3n) is 4.91. The van der Waals surface area contributed by atoms with Gasteiger partial charge in [-0.2, -0.15) is 0 Å². The molecule has 3 N–H and O–H groups in total. The van der Waals surface area contributed by atoms with Crippen molar-refractivity contribution in [1.82, 2.24) is 20.5 Å². The van der Waals surface area contributed by atoms with E-state index in [1.807, 2.05) is 37.2 Å². The normalized spacial score (nSPS) is 20.3. The standard InChI is InChI=1S/C21H34N4O3.CH2O2/c1-4-13-28-19-14-16(8-9-18(19)24-20(26)15-25(2)3)21(27)23-12-10-17-7-5-6-11-22-17;2-1-3/h5-7,11,16,18-19H,4,8-10,12-15H2,1-3H3,(H,23,27)(H,24,26);1H,(H,2,3)/t16-,18+,19+;/m0./s1. The lowest BCUT2D eigenvalue weighted by Crippen LogP contribution is -2.51. The summed E-state index contributed by atoms with van der Waals surface area (Å²) in [6.07, 6.45) is 5.43. The molecule has 3 atom stereocenters. The zero-order valence-electron chi connectivity index (χ0n) is 18.8. The fraction of sp³-hybridized carbons (Fsp3) is 0.636. The van der Waals surface area contributed by atoms with Crippen molar-refractivity contribution in [3.63, 3.8) is 0 Å². The number of carboxylic acid groups (broad SMARTS) is 1. The van der Waals surface area contributed by atoms with E-state index in [-0.39, 0.29) is 36.4 Å². The zero-order valence-corrected chi connectivity index (χ0v) is 18.8. The molecule has 0 radical (unpaired) electrons. The van der Waals surface area contributed by atoms with E-state index >= 15 is 0 Å². The SMILES string of the molecule is CCCO[C@@H]1C[C@@H](C(=O)NCCc2ccccn2)CC[C@H]1NC(=O)CN(C)C.O=CO. The largest absolute Gasteiger partial charge is 0.483 e. The van der Waals surface area contributed by atoms with E-state index < -0.39 is 0 Å². The van der Waals surface area contributed by atoms with E-state index in [4.69, 9.17) is 14.6 Å². The highest BCUT2D eigenvalue weighted by Crippen LogP contribution is 2.27. The number of nitrogens with zero attached hydrogens (tertiary/aromatic N) is 2. The van der Waals surface area contributed by atoms with Gasteiger partial charge >= 0.3 is 0 Å². The lowest BCUT2D eigenvalue weighted by Gasteiger charge is -2.36. The molecule has 1 aromatic rings. The number of nitrogens with one attached hydrogen (secondary N) is 2. The Morgan fingerprint density at radius 1 is 1.32 bits per heavy atom. The molecule has 1 aromatic heterocycles. The van der Waals surface area contributed by atoms with Crippen molar-refractivity contribution in [2.75, 3.05) is 33.8 Å². The van der Waals surface area contributed by atoms with Gasteiger partial charge in [0.15, 0.2) is 0 Å². The van der Waals surface area contributed by atoms with Crippen LogP contribution >= 0.6 is 0 Å². The van der Waals surface area contributed by atoms with Crippen LogP contribution in [-0.4, -0.2) is 79.2 Å². The Hall–Kier alpha value is -2.52. The predicted molar refractivity (Wildman–Crippen MR) is 118 cm³/mol. The van der Waals surface area contributed by atoms with Crippen LogP contribution in [0.1, 0.15) is 38.3 Å². The first-order valence-electron chi connectivity index (χ1n) is 10.7. The number of amides is 2. The van der Waals surface area contributed by atoms with Gasteiger partial charge < -0.3 is 25.4 Å². The first-order chi connectivity index (χ1) is 14.9. The molecule has 0 saturated heterocycles. The van der Waals surface area contributed by atoms with Crippen molar-refractivity contribution in [1.29, 1.82) is 0 Å². The molecule has 0 spiro atoms. The fourth-order valence-corrected chi connectivity index (χ4v) is 3.53. The monoisotopic (exact) mass is 436 g/mol. The maximum absolute atomic E-state index is 12.6. The van der Waals surface area contributed by atoms with Gasteiger partial charge in [0.1, 0.15) is 0 Å². The van der Waals surface area contributed by atoms with Gasteiger partial charge in [-0.05, 0) is 51.9 Å². The summed E-state index contributed by atoms with van der Waals surface area (Å²) in [5, 5.41) is 13.0. The number of ether oxygens (including phenoxy) is 1. The van der Waals surface area contributed by atoms with E-state index in [2.05, 4.69) is 22.5 Å². The number of rotatable bonds is 10. The topological polar surface area (TPSA) is 121 Å². The third kappa shape index (κ3) is 10.9. The minimum atomic E-state index is -0.250. The number of carbonyl (C=O) groups excluding carboxylic acids is 2. The van der Waals surface area contributed by atoms with E-state index in [1.165, 1.54) is 0 Å². The van der Waals surface area contributed by atoms with Gasteiger partial charge in [-0.3, -0.25) is 19.4 Å². The Labute approximate surface area is 184 Å². The summed E-state index contributed by atoms with van der Waals surface area (Å²) in [5.41, 5.74) is 0.972. The maximum atomic E-state index is 12.6. The summed E-state index contributed by atoms with van der Waals surface area (Å²) >= 11 is 0. The fourth-order valence-electron chi connectivity index (χ4n) is 3.53. The van der Waals surface area contributed by atoms with Crippen molar-refractivity contribution in [2.24, 2.45) is 5.92 Å². The molecule has 9 nitrogen and oxygen atoms in total. The Bertz CT molecular complexity index is 657. The van der Waals surface area contributed by atoms with Gasteiger partial charge in [-0.15, -0.1) is 0 Å². The second-order valence-electron chi connectivity index (χ2n) is 7.80. The van der Waals surface area contributed by atoms with Gasteiger partial charge in [0.2, 0.25) is 11.8 Å². The minimum Gasteiger partial charge on any atom is -0.483 e. The summed E-state index contributed by atoms with van der Waals surface area (Å²) in [4.78, 5) is 39.2. The van der Waals surface area contributed by atoms with Crippen LogP contribution in [0.2, 0.25) is 0 Å². The lowest BCUT2D eigenvalue weighted by atomic mass is 9.83. The highest BCUT2D eigenvalue weighted by Gasteiger charge is 2.35. The molecule has 31 heavy (non-hydrogen) atoms. The molecule has 2 amide bonds. The molecule has 9 heteroatoms. The third-order valence-corrected chi connectivity index (χ3v) is 4.91. The van der Waals surface area contributed by atoms with Crippen molar-refractivity contribution in [2.45, 2.75) is 51.2 Å². The Morgan fingerprint density at radius 2 is 2.06 bits per heavy atom. The average Bonchev–Trinajstić information content (AvgIpc) is 2.73. The molecule has 1 heterocycles. The first kappa shape index (κ1) is 26.5. The summed E-state index contributed by atoms with van der Waals surface area (Å²) < 4.78 is 5.99. The molecule has 174 valence electrons. The van der Waals surface area contributed by atoms with Crippen LogP contribution in [0.3, 0.4) is 0 Å². The van der Waals surface area contributed by atoms with Gasteiger partial charge in [0.05, 0.1) is 18.7 Å². The average molecular weight is 437 g/mol. The van der Waals surface area contributed by atoms with Crippen LogP contribution in [-0.2, 0) is 25.5 Å². The number of aromatic nitrogens is 1. The number of pyridine rings is 1. The minimum absolute atomic E-state index is 0.00152. The Kier molecular flexibility index (Phi) is 13.1. The number of likely N-dealkylation sites (N-methyl/N-ethyl adjacent to an activating group) is 1. The van der Waals surface area contributed by atoms with Gasteiger partial charge in [0.25, 0.3) is 6.47 Å². The predicted octanol–water partition coefficient (Wildman–Crippen LogP) is 1.08.